The molecule has 2 aromatic carbocycles. The van der Waals surface area contributed by atoms with Gasteiger partial charge >= 0.3 is 0 Å². The molecule has 0 saturated carbocycles. The fourth-order valence-electron chi connectivity index (χ4n) is 2.39. The number of benzene rings is 2. The highest BCUT2D eigenvalue weighted by Gasteiger charge is 2.18. The Morgan fingerprint density at radius 1 is 1.17 bits per heavy atom. The van der Waals surface area contributed by atoms with Gasteiger partial charge in [0.15, 0.2) is 11.5 Å². The zero-order chi connectivity index (χ0) is 17.7. The standard InChI is InChI=1S/C18H21FN2O3/c1-11(14-9-16(23-2)17(24-3)10-15(14)19)21-18(22)8-12-4-6-13(20)7-5-12/h4-7,9-11H,8,20H2,1-3H3,(H,21,22). The molecule has 0 heterocycles. The summed E-state index contributed by atoms with van der Waals surface area (Å²) in [4.78, 5) is 12.1. The SMILES string of the molecule is COc1cc(F)c(C(C)NC(=O)Cc2ccc(N)cc2)cc1OC. The lowest BCUT2D eigenvalue weighted by atomic mass is 10.1. The Morgan fingerprint density at radius 2 is 1.75 bits per heavy atom. The van der Waals surface area contributed by atoms with Crippen LogP contribution in [0.25, 0.3) is 0 Å². The van der Waals surface area contributed by atoms with Crippen molar-refractivity contribution in [2.24, 2.45) is 0 Å². The Morgan fingerprint density at radius 3 is 2.33 bits per heavy atom. The molecule has 128 valence electrons. The Balaban J connectivity index is 2.09. The second-order valence-corrected chi connectivity index (χ2v) is 5.44. The van der Waals surface area contributed by atoms with Crippen LogP contribution in [0.15, 0.2) is 36.4 Å². The number of amides is 1. The third kappa shape index (κ3) is 4.16. The number of nitrogens with one attached hydrogen (secondary N) is 1. The van der Waals surface area contributed by atoms with E-state index < -0.39 is 11.9 Å². The summed E-state index contributed by atoms with van der Waals surface area (Å²) in [6, 6.07) is 9.32. The van der Waals surface area contributed by atoms with Gasteiger partial charge in [-0.1, -0.05) is 12.1 Å². The Kier molecular flexibility index (Phi) is 5.63. The fraction of sp³-hybridized carbons (Fsp3) is 0.278. The smallest absolute Gasteiger partial charge is 0.224 e. The second-order valence-electron chi connectivity index (χ2n) is 5.44. The first kappa shape index (κ1) is 17.6. The Hall–Kier alpha value is -2.76. The van der Waals surface area contributed by atoms with Crippen molar-refractivity contribution in [3.8, 4) is 11.5 Å². The van der Waals surface area contributed by atoms with Gasteiger partial charge in [0, 0.05) is 17.3 Å². The highest BCUT2D eigenvalue weighted by molar-refractivity contribution is 5.79. The highest BCUT2D eigenvalue weighted by atomic mass is 19.1. The Labute approximate surface area is 140 Å². The maximum Gasteiger partial charge on any atom is 0.224 e. The van der Waals surface area contributed by atoms with Crippen molar-refractivity contribution < 1.29 is 18.7 Å². The quantitative estimate of drug-likeness (QED) is 0.798. The number of ether oxygens (including phenoxy) is 2. The van der Waals surface area contributed by atoms with Crippen molar-refractivity contribution in [3.05, 3.63) is 53.3 Å². The van der Waals surface area contributed by atoms with Crippen LogP contribution in [-0.4, -0.2) is 20.1 Å². The third-order valence-electron chi connectivity index (χ3n) is 3.69. The van der Waals surface area contributed by atoms with Gasteiger partial charge < -0.3 is 20.5 Å². The summed E-state index contributed by atoms with van der Waals surface area (Å²) in [6.45, 7) is 1.71. The van der Waals surface area contributed by atoms with Crippen molar-refractivity contribution in [2.45, 2.75) is 19.4 Å². The average Bonchev–Trinajstić information content (AvgIpc) is 2.56. The van der Waals surface area contributed by atoms with Crippen LogP contribution in [0, 0.1) is 5.82 Å². The summed E-state index contributed by atoms with van der Waals surface area (Å²) >= 11 is 0. The lowest BCUT2D eigenvalue weighted by molar-refractivity contribution is -0.121. The summed E-state index contributed by atoms with van der Waals surface area (Å²) in [5.74, 6) is 0.0436. The molecule has 1 unspecified atom stereocenters. The van der Waals surface area contributed by atoms with Gasteiger partial charge in [0.05, 0.1) is 26.7 Å². The summed E-state index contributed by atoms with van der Waals surface area (Å²) in [5, 5.41) is 2.78. The fourth-order valence-corrected chi connectivity index (χ4v) is 2.39. The number of anilines is 1. The number of carbonyl (C=O) groups excluding carboxylic acids is 1. The lowest BCUT2D eigenvalue weighted by Gasteiger charge is -2.17. The van der Waals surface area contributed by atoms with Crippen LogP contribution >= 0.6 is 0 Å². The van der Waals surface area contributed by atoms with Gasteiger partial charge in [0.1, 0.15) is 5.82 Å². The van der Waals surface area contributed by atoms with Crippen molar-refractivity contribution in [2.75, 3.05) is 20.0 Å². The first-order valence-corrected chi connectivity index (χ1v) is 7.49. The van der Waals surface area contributed by atoms with Crippen molar-refractivity contribution in [1.29, 1.82) is 0 Å². The molecule has 0 aliphatic carbocycles. The number of nitrogen functional groups attached to an aromatic ring is 1. The summed E-state index contributed by atoms with van der Waals surface area (Å²) in [6.07, 6.45) is 0.194. The predicted octanol–water partition coefficient (Wildman–Crippen LogP) is 2.85. The van der Waals surface area contributed by atoms with E-state index in [2.05, 4.69) is 5.32 Å². The van der Waals surface area contributed by atoms with Gasteiger partial charge in [-0.25, -0.2) is 4.39 Å². The first-order valence-electron chi connectivity index (χ1n) is 7.49. The van der Waals surface area contributed by atoms with Crippen molar-refractivity contribution in [3.63, 3.8) is 0 Å². The van der Waals surface area contributed by atoms with E-state index >= 15 is 0 Å². The molecule has 0 aliphatic rings. The molecule has 1 atom stereocenters. The molecule has 0 aliphatic heterocycles. The number of rotatable bonds is 6. The maximum atomic E-state index is 14.2. The van der Waals surface area contributed by atoms with Gasteiger partial charge in [-0.3, -0.25) is 4.79 Å². The normalized spacial score (nSPS) is 11.7. The van der Waals surface area contributed by atoms with Crippen LogP contribution in [-0.2, 0) is 11.2 Å². The summed E-state index contributed by atoms with van der Waals surface area (Å²) < 4.78 is 24.5. The van der Waals surface area contributed by atoms with Crippen LogP contribution < -0.4 is 20.5 Å². The van der Waals surface area contributed by atoms with Crippen LogP contribution in [0.3, 0.4) is 0 Å². The number of nitrogens with two attached hydrogens (primary N) is 1. The number of carbonyl (C=O) groups is 1. The van der Waals surface area contributed by atoms with E-state index in [1.54, 1.807) is 31.2 Å². The van der Waals surface area contributed by atoms with E-state index in [0.717, 1.165) is 5.56 Å². The Bertz CT molecular complexity index is 717. The third-order valence-corrected chi connectivity index (χ3v) is 3.69. The zero-order valence-electron chi connectivity index (χ0n) is 13.9. The van der Waals surface area contributed by atoms with Gasteiger partial charge in [0.2, 0.25) is 5.91 Å². The second kappa shape index (κ2) is 7.68. The number of halogens is 1. The molecule has 0 saturated heterocycles. The van der Waals surface area contributed by atoms with Crippen LogP contribution in [0.5, 0.6) is 11.5 Å². The molecular weight excluding hydrogens is 311 g/mol. The van der Waals surface area contributed by atoms with Crippen LogP contribution in [0.2, 0.25) is 0 Å². The average molecular weight is 332 g/mol. The summed E-state index contributed by atoms with van der Waals surface area (Å²) in [7, 11) is 2.92. The molecular formula is C18H21FN2O3. The minimum absolute atomic E-state index is 0.194. The monoisotopic (exact) mass is 332 g/mol. The molecule has 24 heavy (non-hydrogen) atoms. The topological polar surface area (TPSA) is 73.6 Å². The van der Waals surface area contributed by atoms with Crippen molar-refractivity contribution >= 4 is 11.6 Å². The van der Waals surface area contributed by atoms with Gasteiger partial charge in [-0.2, -0.15) is 0 Å². The van der Waals surface area contributed by atoms with E-state index in [0.29, 0.717) is 22.7 Å². The van der Waals surface area contributed by atoms with Gasteiger partial charge in [0.25, 0.3) is 0 Å². The lowest BCUT2D eigenvalue weighted by Crippen LogP contribution is -2.28. The molecule has 2 rings (SSSR count). The summed E-state index contributed by atoms with van der Waals surface area (Å²) in [5.41, 5.74) is 7.42. The molecule has 3 N–H and O–H groups in total. The largest absolute Gasteiger partial charge is 0.493 e. The van der Waals surface area contributed by atoms with Gasteiger partial charge in [-0.15, -0.1) is 0 Å². The van der Waals surface area contributed by atoms with E-state index in [-0.39, 0.29) is 12.3 Å². The molecule has 0 radical (unpaired) electrons. The minimum Gasteiger partial charge on any atom is -0.493 e. The van der Waals surface area contributed by atoms with Crippen LogP contribution in [0.1, 0.15) is 24.1 Å². The molecule has 6 heteroatoms. The van der Waals surface area contributed by atoms with Crippen molar-refractivity contribution in [1.82, 2.24) is 5.32 Å². The number of hydrogen-bond acceptors (Lipinski definition) is 4. The van der Waals surface area contributed by atoms with Gasteiger partial charge in [-0.05, 0) is 30.7 Å². The van der Waals surface area contributed by atoms with Crippen LogP contribution in [0.4, 0.5) is 10.1 Å². The highest BCUT2D eigenvalue weighted by Crippen LogP contribution is 2.32. The maximum absolute atomic E-state index is 14.2. The molecule has 0 bridgehead atoms. The molecule has 0 aromatic heterocycles. The molecule has 2 aromatic rings. The van der Waals surface area contributed by atoms with E-state index in [1.807, 2.05) is 0 Å². The zero-order valence-corrected chi connectivity index (χ0v) is 13.9. The number of methoxy groups -OCH3 is 2. The molecule has 0 spiro atoms. The predicted molar refractivity (Wildman–Crippen MR) is 90.6 cm³/mol. The molecule has 0 fully saturated rings. The minimum atomic E-state index is -0.508. The van der Waals surface area contributed by atoms with E-state index in [4.69, 9.17) is 15.2 Å². The number of hydrogen-bond donors (Lipinski definition) is 2. The van der Waals surface area contributed by atoms with E-state index in [1.165, 1.54) is 26.4 Å². The molecule has 5 nitrogen and oxygen atoms in total. The molecule has 1 amide bonds. The first-order chi connectivity index (χ1) is 11.4. The van der Waals surface area contributed by atoms with E-state index in [9.17, 15) is 9.18 Å².